The fraction of sp³-hybridized carbons (Fsp3) is 0.0556. The maximum Gasteiger partial charge on any atom is 0.0571 e. The molecule has 0 atom stereocenters. The van der Waals surface area contributed by atoms with E-state index in [4.69, 9.17) is 0 Å². The number of hydrogen-bond acceptors (Lipinski definition) is 5. The average Bonchev–Trinajstić information content (AvgIpc) is 3.75. The van der Waals surface area contributed by atoms with Crippen LogP contribution in [0.1, 0.15) is 22.3 Å². The molecule has 2 heterocycles. The fourth-order valence-corrected chi connectivity index (χ4v) is 8.99. The molecule has 198 valence electrons. The predicted molar refractivity (Wildman–Crippen MR) is 186 cm³/mol. The molecule has 5 aromatic carbocycles. The van der Waals surface area contributed by atoms with Crippen molar-refractivity contribution >= 4 is 77.1 Å². The Morgan fingerprint density at radius 2 is 0.951 bits per heavy atom. The molecule has 0 spiro atoms. The maximum atomic E-state index is 3.52. The van der Waals surface area contributed by atoms with Crippen LogP contribution in [0.3, 0.4) is 0 Å². The Bertz CT molecular complexity index is 1990. The minimum atomic E-state index is 0.834. The van der Waals surface area contributed by atoms with Crippen LogP contribution in [-0.4, -0.2) is 0 Å². The smallest absolute Gasteiger partial charge is 0.0571 e. The van der Waals surface area contributed by atoms with Crippen molar-refractivity contribution < 1.29 is 0 Å². The first-order valence-electron chi connectivity index (χ1n) is 13.4. The van der Waals surface area contributed by atoms with Crippen molar-refractivity contribution in [3.63, 3.8) is 0 Å². The first kappa shape index (κ1) is 26.6. The number of nitrogens with one attached hydrogen (secondary N) is 1. The van der Waals surface area contributed by atoms with Crippen LogP contribution in [0.5, 0.6) is 0 Å². The van der Waals surface area contributed by atoms with Crippen LogP contribution in [0.25, 0.3) is 30.0 Å². The monoisotopic (exact) mass is 599 g/mol. The van der Waals surface area contributed by atoms with Crippen molar-refractivity contribution in [1.82, 2.24) is 5.32 Å². The average molecular weight is 600 g/mol. The Morgan fingerprint density at radius 3 is 1.59 bits per heavy atom. The normalized spacial score (nSPS) is 14.2. The van der Waals surface area contributed by atoms with Gasteiger partial charge in [-0.2, -0.15) is 0 Å². The number of fused-ring (bicyclic) bond motifs is 2. The Morgan fingerprint density at radius 1 is 0.463 bits per heavy atom. The summed E-state index contributed by atoms with van der Waals surface area (Å²) in [6.07, 6.45) is 0. The van der Waals surface area contributed by atoms with Gasteiger partial charge in [-0.15, -0.1) is 0 Å². The third kappa shape index (κ3) is 5.77. The molecule has 2 aliphatic heterocycles. The van der Waals surface area contributed by atoms with Gasteiger partial charge in [0.15, 0.2) is 0 Å². The number of thioether (sulfide) groups is 4. The lowest BCUT2D eigenvalue weighted by Gasteiger charge is -2.11. The van der Waals surface area contributed by atoms with Gasteiger partial charge >= 0.3 is 0 Å². The van der Waals surface area contributed by atoms with Crippen LogP contribution < -0.4 is 15.8 Å². The SMILES string of the molecule is C(#Cc1ccc2c(=C3SC=CS3)c3ccccc3c(=C3SC=CS3)c2c1)c1ccc(CNCc2ccccc2)cc1. The Kier molecular flexibility index (Phi) is 8.01. The molecule has 0 radical (unpaired) electrons. The van der Waals surface area contributed by atoms with Gasteiger partial charge in [0.25, 0.3) is 0 Å². The molecule has 41 heavy (non-hydrogen) atoms. The van der Waals surface area contributed by atoms with Crippen LogP contribution >= 0.6 is 47.0 Å². The Balaban J connectivity index is 1.24. The first-order valence-corrected chi connectivity index (χ1v) is 16.9. The second-order valence-corrected chi connectivity index (χ2v) is 13.9. The molecular weight excluding hydrogens is 575 g/mol. The van der Waals surface area contributed by atoms with Gasteiger partial charge in [-0.3, -0.25) is 0 Å². The van der Waals surface area contributed by atoms with Gasteiger partial charge in [-0.1, -0.05) is 132 Å². The zero-order valence-electron chi connectivity index (χ0n) is 22.1. The second kappa shape index (κ2) is 12.3. The van der Waals surface area contributed by atoms with E-state index in [1.165, 1.54) is 51.6 Å². The second-order valence-electron chi connectivity index (χ2n) is 9.68. The molecule has 7 rings (SSSR count). The third-order valence-electron chi connectivity index (χ3n) is 7.05. The van der Waals surface area contributed by atoms with Crippen molar-refractivity contribution in [3.05, 3.63) is 151 Å². The van der Waals surface area contributed by atoms with Crippen LogP contribution in [0.2, 0.25) is 0 Å². The molecule has 0 fully saturated rings. The molecule has 0 saturated heterocycles. The van der Waals surface area contributed by atoms with Crippen LogP contribution in [0.4, 0.5) is 0 Å². The molecule has 0 aromatic heterocycles. The van der Waals surface area contributed by atoms with E-state index < -0.39 is 0 Å². The summed E-state index contributed by atoms with van der Waals surface area (Å²) in [5.74, 6) is 6.87. The van der Waals surface area contributed by atoms with Crippen molar-refractivity contribution in [1.29, 1.82) is 0 Å². The topological polar surface area (TPSA) is 12.0 Å². The molecule has 0 aliphatic carbocycles. The molecule has 1 nitrogen and oxygen atoms in total. The van der Waals surface area contributed by atoms with Gasteiger partial charge in [0, 0.05) is 34.7 Å². The summed E-state index contributed by atoms with van der Waals surface area (Å²) in [6, 6.07) is 34.7. The van der Waals surface area contributed by atoms with Crippen LogP contribution in [0.15, 0.2) is 119 Å². The quantitative estimate of drug-likeness (QED) is 0.163. The van der Waals surface area contributed by atoms with Gasteiger partial charge in [-0.05, 0) is 78.6 Å². The third-order valence-corrected chi connectivity index (χ3v) is 11.3. The lowest BCUT2D eigenvalue weighted by atomic mass is 9.97. The lowest BCUT2D eigenvalue weighted by molar-refractivity contribution is 0.693. The summed E-state index contributed by atoms with van der Waals surface area (Å²) in [5, 5.41) is 20.1. The summed E-state index contributed by atoms with van der Waals surface area (Å²) < 4.78 is 2.67. The van der Waals surface area contributed by atoms with Crippen molar-refractivity contribution in [3.8, 4) is 11.8 Å². The van der Waals surface area contributed by atoms with E-state index in [-0.39, 0.29) is 0 Å². The van der Waals surface area contributed by atoms with Gasteiger partial charge < -0.3 is 5.32 Å². The molecule has 0 bridgehead atoms. The van der Waals surface area contributed by atoms with E-state index in [1.807, 2.05) is 47.0 Å². The molecule has 5 heteroatoms. The highest BCUT2D eigenvalue weighted by Crippen LogP contribution is 2.41. The highest BCUT2D eigenvalue weighted by atomic mass is 32.2. The van der Waals surface area contributed by atoms with Gasteiger partial charge in [0.05, 0.1) is 8.47 Å². The highest BCUT2D eigenvalue weighted by Gasteiger charge is 2.15. The lowest BCUT2D eigenvalue weighted by Crippen LogP contribution is -2.17. The van der Waals surface area contributed by atoms with Gasteiger partial charge in [0.2, 0.25) is 0 Å². The van der Waals surface area contributed by atoms with E-state index >= 15 is 0 Å². The summed E-state index contributed by atoms with van der Waals surface area (Å²) in [5.41, 5.74) is 4.61. The predicted octanol–water partition coefficient (Wildman–Crippen LogP) is 8.72. The summed E-state index contributed by atoms with van der Waals surface area (Å²) >= 11 is 7.26. The highest BCUT2D eigenvalue weighted by molar-refractivity contribution is 8.35. The zero-order valence-corrected chi connectivity index (χ0v) is 25.4. The number of benzene rings is 5. The largest absolute Gasteiger partial charge is 0.309 e. The fourth-order valence-electron chi connectivity index (χ4n) is 5.14. The van der Waals surface area contributed by atoms with Crippen molar-refractivity contribution in [2.24, 2.45) is 0 Å². The Hall–Kier alpha value is -3.24. The summed E-state index contributed by atoms with van der Waals surface area (Å²) in [4.78, 5) is 0. The zero-order chi connectivity index (χ0) is 27.4. The minimum Gasteiger partial charge on any atom is -0.309 e. The molecule has 0 saturated carbocycles. The minimum absolute atomic E-state index is 0.834. The van der Waals surface area contributed by atoms with Crippen LogP contribution in [0, 0.1) is 11.8 Å². The number of rotatable bonds is 4. The molecule has 2 aliphatic rings. The van der Waals surface area contributed by atoms with Gasteiger partial charge in [0.1, 0.15) is 0 Å². The standard InChI is InChI=1S/C36H25NS4/c1-2-6-27(7-3-1)23-37-24-28-14-11-25(12-15-28)10-13-26-16-17-31-32(22-26)34(36-40-20-21-41-36)30-9-5-4-8-29(30)33(31)35-38-18-19-39-35/h1-9,11-12,14-22,37H,23-24H2. The summed E-state index contributed by atoms with van der Waals surface area (Å²) in [6.45, 7) is 1.70. The molecule has 5 aromatic rings. The van der Waals surface area contributed by atoms with E-state index in [1.54, 1.807) is 0 Å². The van der Waals surface area contributed by atoms with Crippen LogP contribution in [-0.2, 0) is 13.1 Å². The molecule has 0 unspecified atom stereocenters. The van der Waals surface area contributed by atoms with Crippen molar-refractivity contribution in [2.45, 2.75) is 13.1 Å². The van der Waals surface area contributed by atoms with E-state index in [9.17, 15) is 0 Å². The van der Waals surface area contributed by atoms with E-state index in [2.05, 4.69) is 136 Å². The molecule has 0 amide bonds. The number of hydrogen-bond donors (Lipinski definition) is 1. The molecule has 1 N–H and O–H groups in total. The van der Waals surface area contributed by atoms with Crippen molar-refractivity contribution in [2.75, 3.05) is 0 Å². The summed E-state index contributed by atoms with van der Waals surface area (Å²) in [7, 11) is 0. The first-order chi connectivity index (χ1) is 20.3. The van der Waals surface area contributed by atoms with Gasteiger partial charge in [-0.25, -0.2) is 0 Å². The van der Waals surface area contributed by atoms with E-state index in [0.717, 1.165) is 24.2 Å². The van der Waals surface area contributed by atoms with E-state index in [0.29, 0.717) is 0 Å². The maximum absolute atomic E-state index is 3.52. The Labute approximate surface area is 257 Å². The molecular formula is C36H25NS4.